The number of hydrogen-bond acceptors (Lipinski definition) is 34. The maximum absolute atomic E-state index is 12.7. The summed E-state index contributed by atoms with van der Waals surface area (Å²) in [5, 5.41) is 215. The van der Waals surface area contributed by atoms with Crippen LogP contribution in [0.3, 0.4) is 0 Å². The van der Waals surface area contributed by atoms with Crippen molar-refractivity contribution < 1.29 is 168 Å². The molecule has 3 amide bonds. The van der Waals surface area contributed by atoms with E-state index in [2.05, 4.69) is 16.0 Å². The van der Waals surface area contributed by atoms with Gasteiger partial charge in [-0.15, -0.1) is 0 Å². The van der Waals surface area contributed by atoms with Crippen molar-refractivity contribution in [3.05, 3.63) is 0 Å². The number of aliphatic hydroxyl groups is 19. The number of aliphatic hydroxyl groups excluding tert-OH is 19. The Morgan fingerprint density at radius 2 is 0.847 bits per heavy atom. The number of hydrogen-bond donors (Lipinski definition) is 22. The minimum Gasteiger partial charge on any atom is -0.394 e. The first-order valence-electron chi connectivity index (χ1n) is 27.2. The van der Waals surface area contributed by atoms with E-state index in [0.717, 1.165) is 20.8 Å². The van der Waals surface area contributed by atoms with Gasteiger partial charge in [-0.1, -0.05) is 0 Å². The second kappa shape index (κ2) is 31.3. The predicted molar refractivity (Wildman–Crippen MR) is 266 cm³/mol. The SMILES string of the molecule is CC(=O)N[C@H]1[C@H](O[C@H]2[C@H](O)[C@@H](CO)O[C@@H](OC[C@@H](O)[C@H](O)[C@H](O[C@@H]3O[C@H](CO)[C@H](O)[C@H](O[C@@H]4O[C@H](CO)[C@H](O)[C@H](O)[C@H]4O[C@H]4O[C@H](C)[C@H](O)[C@H](O)[C@H]4O)[C@H]3O[C@H]3O[C@H](C)[C@H](O)[C@H](O)[C@H]3O)[C@H](CO)NC(C)=O)[C@@H]2NC(C)=O)O[C@H](CO)[C@@H](O)[C@@H]1O. The Hall–Kier alpha value is -2.83. The topological polar surface area (TPSA) is 582 Å². The highest BCUT2D eigenvalue weighted by atomic mass is 16.8. The normalized spacial score (nSPS) is 45.9. The molecular formula is C48H83N3O34. The molecular weight excluding hydrogens is 1160 g/mol. The molecule has 6 aliphatic rings. The van der Waals surface area contributed by atoms with E-state index in [0.29, 0.717) is 0 Å². The Labute approximate surface area is 483 Å². The monoisotopic (exact) mass is 1250 g/mol. The number of carbonyl (C=O) groups excluding carboxylic acids is 3. The van der Waals surface area contributed by atoms with Crippen molar-refractivity contribution in [3.8, 4) is 0 Å². The summed E-state index contributed by atoms with van der Waals surface area (Å²) in [6.07, 6.45) is -60.5. The lowest BCUT2D eigenvalue weighted by molar-refractivity contribution is -0.407. The zero-order valence-corrected chi connectivity index (χ0v) is 46.5. The maximum Gasteiger partial charge on any atom is 0.217 e. The van der Waals surface area contributed by atoms with Crippen LogP contribution in [0.4, 0.5) is 0 Å². The number of amides is 3. The van der Waals surface area contributed by atoms with Gasteiger partial charge in [0.05, 0.1) is 57.9 Å². The summed E-state index contributed by atoms with van der Waals surface area (Å²) >= 11 is 0. The Kier molecular flexibility index (Phi) is 26.2. The molecule has 6 fully saturated rings. The van der Waals surface area contributed by atoms with E-state index in [1.54, 1.807) is 0 Å². The second-order valence-corrected chi connectivity index (χ2v) is 21.5. The lowest BCUT2D eigenvalue weighted by Gasteiger charge is -2.50. The fourth-order valence-electron chi connectivity index (χ4n) is 10.6. The molecule has 6 aliphatic heterocycles. The summed E-state index contributed by atoms with van der Waals surface area (Å²) in [7, 11) is 0. The zero-order chi connectivity index (χ0) is 63.2. The van der Waals surface area contributed by atoms with Crippen molar-refractivity contribution in [2.45, 2.75) is 243 Å². The Balaban J connectivity index is 1.35. The van der Waals surface area contributed by atoms with Gasteiger partial charge in [-0.3, -0.25) is 14.4 Å². The average Bonchev–Trinajstić information content (AvgIpc) is 2.71. The van der Waals surface area contributed by atoms with Crippen LogP contribution in [0.15, 0.2) is 0 Å². The molecule has 37 heteroatoms. The first kappa shape index (κ1) is 71.2. The second-order valence-electron chi connectivity index (χ2n) is 21.5. The molecule has 494 valence electrons. The van der Waals surface area contributed by atoms with Crippen LogP contribution in [0.1, 0.15) is 34.6 Å². The van der Waals surface area contributed by atoms with Crippen LogP contribution >= 0.6 is 0 Å². The molecule has 0 unspecified atom stereocenters. The molecule has 0 aromatic heterocycles. The van der Waals surface area contributed by atoms with Gasteiger partial charge in [0.2, 0.25) is 17.7 Å². The first-order valence-corrected chi connectivity index (χ1v) is 27.2. The molecule has 6 rings (SSSR count). The van der Waals surface area contributed by atoms with E-state index in [-0.39, 0.29) is 0 Å². The minimum atomic E-state index is -2.45. The van der Waals surface area contributed by atoms with Gasteiger partial charge < -0.3 is 170 Å². The molecule has 6 heterocycles. The quantitative estimate of drug-likeness (QED) is 0.0427. The fourth-order valence-corrected chi connectivity index (χ4v) is 10.6. The Morgan fingerprint density at radius 1 is 0.424 bits per heavy atom. The molecule has 34 atom stereocenters. The van der Waals surface area contributed by atoms with E-state index in [9.17, 15) is 111 Å². The lowest BCUT2D eigenvalue weighted by Crippen LogP contribution is -2.70. The molecule has 0 radical (unpaired) electrons. The third kappa shape index (κ3) is 16.4. The lowest BCUT2D eigenvalue weighted by atomic mass is 9.94. The Morgan fingerprint density at radius 3 is 1.34 bits per heavy atom. The van der Waals surface area contributed by atoms with Crippen molar-refractivity contribution in [1.29, 1.82) is 0 Å². The van der Waals surface area contributed by atoms with Gasteiger partial charge in [0.1, 0.15) is 152 Å². The highest BCUT2D eigenvalue weighted by molar-refractivity contribution is 5.74. The smallest absolute Gasteiger partial charge is 0.217 e. The molecule has 6 saturated heterocycles. The Bertz CT molecular complexity index is 2100. The van der Waals surface area contributed by atoms with Crippen molar-refractivity contribution in [1.82, 2.24) is 16.0 Å². The number of carbonyl (C=O) groups is 3. The van der Waals surface area contributed by atoms with Gasteiger partial charge in [-0.2, -0.15) is 0 Å². The van der Waals surface area contributed by atoms with Gasteiger partial charge in [0, 0.05) is 20.8 Å². The van der Waals surface area contributed by atoms with Crippen LogP contribution in [0.5, 0.6) is 0 Å². The van der Waals surface area contributed by atoms with Crippen molar-refractivity contribution in [3.63, 3.8) is 0 Å². The van der Waals surface area contributed by atoms with Crippen LogP contribution in [0.2, 0.25) is 0 Å². The van der Waals surface area contributed by atoms with Gasteiger partial charge in [-0.05, 0) is 13.8 Å². The molecule has 85 heavy (non-hydrogen) atoms. The van der Waals surface area contributed by atoms with E-state index >= 15 is 0 Å². The van der Waals surface area contributed by atoms with Gasteiger partial charge in [-0.25, -0.2) is 0 Å². The highest BCUT2D eigenvalue weighted by Crippen LogP contribution is 2.38. The largest absolute Gasteiger partial charge is 0.394 e. The number of nitrogens with one attached hydrogen (secondary N) is 3. The van der Waals surface area contributed by atoms with Crippen LogP contribution < -0.4 is 16.0 Å². The zero-order valence-electron chi connectivity index (χ0n) is 46.5. The van der Waals surface area contributed by atoms with E-state index in [4.69, 9.17) is 56.8 Å². The fraction of sp³-hybridized carbons (Fsp3) is 0.938. The van der Waals surface area contributed by atoms with Gasteiger partial charge in [0.15, 0.2) is 37.7 Å². The molecule has 22 N–H and O–H groups in total. The van der Waals surface area contributed by atoms with Gasteiger partial charge in [0.25, 0.3) is 0 Å². The predicted octanol–water partition coefficient (Wildman–Crippen LogP) is -14.2. The highest BCUT2D eigenvalue weighted by Gasteiger charge is 2.58. The maximum atomic E-state index is 12.7. The summed E-state index contributed by atoms with van der Waals surface area (Å²) in [5.41, 5.74) is 0. The van der Waals surface area contributed by atoms with Crippen LogP contribution in [0, 0.1) is 0 Å². The number of ether oxygens (including phenoxy) is 12. The summed E-state index contributed by atoms with van der Waals surface area (Å²) in [6.45, 7) is -0.824. The van der Waals surface area contributed by atoms with E-state index in [1.807, 2.05) is 0 Å². The molecule has 0 bridgehead atoms. The van der Waals surface area contributed by atoms with Crippen molar-refractivity contribution >= 4 is 17.7 Å². The van der Waals surface area contributed by atoms with E-state index in [1.165, 1.54) is 13.8 Å². The standard InChI is InChI=1S/C48H83N3O34/c1-12-25(61)33(69)36(72)45(75-12)84-41-35(71)29(65)20(8-54)79-47(41)83-40-31(67)22(10-56)80-48(42(40)85-46-37(73)34(70)26(62)13(2)76-46)81-38(17(6-52)49-14(3)57)27(63)18(60)11-74-43-24(51-16(5)59)39(30(66)21(9-55)77-43)82-44-23(50-15(4)58)32(68)28(64)19(7-53)78-44/h12-13,17-48,52-56,60-73H,6-11H2,1-5H3,(H,49,57)(H,50,58)(H,51,59)/t12-,13-,17+,18-,19-,20-,21-,22-,23-,24-,25+,26+,27+,28-,29+,30-,31+,32-,33+,34+,35+,36-,37-,38-,39-,40+,41-,42-,43-,44+,45-,46-,47+,48+/m1/s1. The first-order chi connectivity index (χ1) is 40.0. The summed E-state index contributed by atoms with van der Waals surface area (Å²) in [4.78, 5) is 37.6. The molecule has 0 aromatic carbocycles. The molecule has 0 saturated carbocycles. The average molecular weight is 1250 g/mol. The third-order valence-electron chi connectivity index (χ3n) is 15.3. The van der Waals surface area contributed by atoms with Crippen LogP contribution in [-0.4, -0.2) is 363 Å². The minimum absolute atomic E-state index is 0.766. The summed E-state index contributed by atoms with van der Waals surface area (Å²) in [5.74, 6) is -2.51. The van der Waals surface area contributed by atoms with Crippen molar-refractivity contribution in [2.24, 2.45) is 0 Å². The van der Waals surface area contributed by atoms with Gasteiger partial charge >= 0.3 is 0 Å². The summed E-state index contributed by atoms with van der Waals surface area (Å²) < 4.78 is 70.6. The molecule has 0 spiro atoms. The van der Waals surface area contributed by atoms with Crippen LogP contribution in [0.25, 0.3) is 0 Å². The molecule has 37 nitrogen and oxygen atoms in total. The third-order valence-corrected chi connectivity index (χ3v) is 15.3. The van der Waals surface area contributed by atoms with Crippen molar-refractivity contribution in [2.75, 3.05) is 39.6 Å². The summed E-state index contributed by atoms with van der Waals surface area (Å²) in [6, 6.07) is -5.14. The molecule has 0 aromatic rings. The van der Waals surface area contributed by atoms with Crippen LogP contribution in [-0.2, 0) is 71.2 Å². The van der Waals surface area contributed by atoms with E-state index < -0.39 is 266 Å². The number of rotatable bonds is 24. The molecule has 0 aliphatic carbocycles.